The summed E-state index contributed by atoms with van der Waals surface area (Å²) in [5, 5.41) is 7.22. The summed E-state index contributed by atoms with van der Waals surface area (Å²) in [6, 6.07) is 5.11. The highest BCUT2D eigenvalue weighted by atomic mass is 35.5. The fraction of sp³-hybridized carbons (Fsp3) is 0.579. The molecule has 1 aliphatic heterocycles. The number of thiocarbonyl (C=S) groups is 1. The molecule has 0 aliphatic carbocycles. The second-order valence-corrected chi connectivity index (χ2v) is 7.22. The van der Waals surface area contributed by atoms with E-state index in [1.54, 1.807) is 25.1 Å². The van der Waals surface area contributed by atoms with Gasteiger partial charge in [0.25, 0.3) is 0 Å². The quantitative estimate of drug-likeness (QED) is 0.411. The van der Waals surface area contributed by atoms with Crippen molar-refractivity contribution in [2.24, 2.45) is 0 Å². The molecule has 26 heavy (non-hydrogen) atoms. The summed E-state index contributed by atoms with van der Waals surface area (Å²) < 4.78 is 5.01. The van der Waals surface area contributed by atoms with Crippen LogP contribution in [0.25, 0.3) is 0 Å². The van der Waals surface area contributed by atoms with E-state index in [9.17, 15) is 4.79 Å². The van der Waals surface area contributed by atoms with Crippen molar-refractivity contribution in [3.8, 4) is 0 Å². The van der Waals surface area contributed by atoms with Crippen LogP contribution < -0.4 is 10.6 Å². The number of halogens is 1. The predicted octanol–water partition coefficient (Wildman–Crippen LogP) is 4.07. The van der Waals surface area contributed by atoms with E-state index in [-0.39, 0.29) is 0 Å². The standard InChI is InChI=1S/C19H28ClN3O2S/c1-2-25-18(24)16-14-15(8-9-17(16)20)22-19(26)21-10-7-13-23-11-5-3-4-6-12-23/h8-9,14H,2-7,10-13H2,1H3,(H2,21,22,26). The Kier molecular flexibility index (Phi) is 9.15. The molecule has 1 aromatic rings. The van der Waals surface area contributed by atoms with Crippen molar-refractivity contribution in [3.63, 3.8) is 0 Å². The number of anilines is 1. The van der Waals surface area contributed by atoms with Crippen molar-refractivity contribution in [3.05, 3.63) is 28.8 Å². The van der Waals surface area contributed by atoms with Gasteiger partial charge < -0.3 is 20.3 Å². The number of ether oxygens (including phenoxy) is 1. The van der Waals surface area contributed by atoms with E-state index in [4.69, 9.17) is 28.6 Å². The normalized spacial score (nSPS) is 15.2. The van der Waals surface area contributed by atoms with E-state index in [0.717, 1.165) is 19.5 Å². The molecule has 1 aromatic carbocycles. The van der Waals surface area contributed by atoms with Gasteiger partial charge in [0, 0.05) is 12.2 Å². The minimum Gasteiger partial charge on any atom is -0.462 e. The lowest BCUT2D eigenvalue weighted by molar-refractivity contribution is 0.0526. The van der Waals surface area contributed by atoms with Crippen LogP contribution in [-0.2, 0) is 4.74 Å². The number of rotatable bonds is 7. The van der Waals surface area contributed by atoms with Crippen LogP contribution in [-0.4, -0.2) is 48.8 Å². The highest BCUT2D eigenvalue weighted by Gasteiger charge is 2.13. The maximum Gasteiger partial charge on any atom is 0.339 e. The molecule has 144 valence electrons. The molecule has 1 fully saturated rings. The molecule has 1 saturated heterocycles. The minimum atomic E-state index is -0.433. The average Bonchev–Trinajstić information content (AvgIpc) is 2.89. The number of nitrogens with zero attached hydrogens (tertiary/aromatic N) is 1. The second-order valence-electron chi connectivity index (χ2n) is 6.41. The Balaban J connectivity index is 1.75. The van der Waals surface area contributed by atoms with Crippen LogP contribution >= 0.6 is 23.8 Å². The average molecular weight is 398 g/mol. The molecule has 0 saturated carbocycles. The molecule has 0 aromatic heterocycles. The molecular weight excluding hydrogens is 370 g/mol. The lowest BCUT2D eigenvalue weighted by Gasteiger charge is -2.20. The van der Waals surface area contributed by atoms with Gasteiger partial charge in [-0.2, -0.15) is 0 Å². The van der Waals surface area contributed by atoms with Crippen LogP contribution in [0.1, 0.15) is 49.4 Å². The smallest absolute Gasteiger partial charge is 0.339 e. The highest BCUT2D eigenvalue weighted by molar-refractivity contribution is 7.80. The first-order chi connectivity index (χ1) is 12.6. The molecule has 0 radical (unpaired) electrons. The molecule has 0 unspecified atom stereocenters. The Morgan fingerprint density at radius 1 is 1.27 bits per heavy atom. The Morgan fingerprint density at radius 3 is 2.69 bits per heavy atom. The van der Waals surface area contributed by atoms with Gasteiger partial charge >= 0.3 is 5.97 Å². The third-order valence-corrected chi connectivity index (χ3v) is 4.93. The Hall–Kier alpha value is -1.37. The van der Waals surface area contributed by atoms with E-state index < -0.39 is 5.97 Å². The monoisotopic (exact) mass is 397 g/mol. The lowest BCUT2D eigenvalue weighted by atomic mass is 10.2. The number of hydrogen-bond donors (Lipinski definition) is 2. The van der Waals surface area contributed by atoms with Crippen molar-refractivity contribution in [1.29, 1.82) is 0 Å². The number of hydrogen-bond acceptors (Lipinski definition) is 4. The molecule has 1 heterocycles. The summed E-state index contributed by atoms with van der Waals surface area (Å²) >= 11 is 11.4. The molecular formula is C19H28ClN3O2S. The topological polar surface area (TPSA) is 53.6 Å². The maximum absolute atomic E-state index is 11.9. The van der Waals surface area contributed by atoms with Gasteiger partial charge in [0.15, 0.2) is 5.11 Å². The van der Waals surface area contributed by atoms with Crippen LogP contribution in [0.15, 0.2) is 18.2 Å². The first kappa shape index (κ1) is 20.9. The summed E-state index contributed by atoms with van der Waals surface area (Å²) in [5.41, 5.74) is 1.05. The number of benzene rings is 1. The van der Waals surface area contributed by atoms with E-state index >= 15 is 0 Å². The van der Waals surface area contributed by atoms with E-state index in [0.29, 0.717) is 28.0 Å². The number of likely N-dealkylation sites (tertiary alicyclic amines) is 1. The SMILES string of the molecule is CCOC(=O)c1cc(NC(=S)NCCCN2CCCCCC2)ccc1Cl. The summed E-state index contributed by atoms with van der Waals surface area (Å²) in [7, 11) is 0. The zero-order valence-electron chi connectivity index (χ0n) is 15.4. The molecule has 0 bridgehead atoms. The van der Waals surface area contributed by atoms with E-state index in [1.807, 2.05) is 0 Å². The minimum absolute atomic E-state index is 0.309. The van der Waals surface area contributed by atoms with Crippen molar-refractivity contribution < 1.29 is 9.53 Å². The molecule has 2 rings (SSSR count). The summed E-state index contributed by atoms with van der Waals surface area (Å²) in [6.07, 6.45) is 6.39. The molecule has 0 amide bonds. The summed E-state index contributed by atoms with van der Waals surface area (Å²) in [4.78, 5) is 14.4. The summed E-state index contributed by atoms with van der Waals surface area (Å²) in [5.74, 6) is -0.433. The number of nitrogens with one attached hydrogen (secondary N) is 2. The number of carbonyl (C=O) groups excluding carboxylic acids is 1. The van der Waals surface area contributed by atoms with E-state index in [2.05, 4.69) is 15.5 Å². The fourth-order valence-electron chi connectivity index (χ4n) is 3.01. The highest BCUT2D eigenvalue weighted by Crippen LogP contribution is 2.21. The van der Waals surface area contributed by atoms with Gasteiger partial charge in [-0.3, -0.25) is 0 Å². The van der Waals surface area contributed by atoms with Gasteiger partial charge in [0.05, 0.1) is 17.2 Å². The third-order valence-electron chi connectivity index (χ3n) is 4.35. The molecule has 5 nitrogen and oxygen atoms in total. The van der Waals surface area contributed by atoms with E-state index in [1.165, 1.54) is 38.8 Å². The molecule has 7 heteroatoms. The second kappa shape index (κ2) is 11.4. The van der Waals surface area contributed by atoms with Crippen molar-refractivity contribution in [2.45, 2.75) is 39.0 Å². The van der Waals surface area contributed by atoms with Crippen LogP contribution in [0, 0.1) is 0 Å². The third kappa shape index (κ3) is 7.09. The van der Waals surface area contributed by atoms with Gasteiger partial charge in [-0.15, -0.1) is 0 Å². The molecule has 0 atom stereocenters. The van der Waals surface area contributed by atoms with Crippen molar-refractivity contribution >= 4 is 40.6 Å². The van der Waals surface area contributed by atoms with Gasteiger partial charge in [-0.1, -0.05) is 24.4 Å². The van der Waals surface area contributed by atoms with Crippen LogP contribution in [0.2, 0.25) is 5.02 Å². The largest absolute Gasteiger partial charge is 0.462 e. The van der Waals surface area contributed by atoms with Crippen LogP contribution in [0.3, 0.4) is 0 Å². The zero-order chi connectivity index (χ0) is 18.8. The first-order valence-electron chi connectivity index (χ1n) is 9.34. The molecule has 2 N–H and O–H groups in total. The lowest BCUT2D eigenvalue weighted by Crippen LogP contribution is -2.32. The van der Waals surface area contributed by atoms with Crippen LogP contribution in [0.5, 0.6) is 0 Å². The fourth-order valence-corrected chi connectivity index (χ4v) is 3.42. The van der Waals surface area contributed by atoms with Crippen molar-refractivity contribution in [1.82, 2.24) is 10.2 Å². The Morgan fingerprint density at radius 2 is 2.00 bits per heavy atom. The van der Waals surface area contributed by atoms with Gasteiger partial charge in [-0.05, 0) is 76.2 Å². The Labute approximate surface area is 166 Å². The van der Waals surface area contributed by atoms with Gasteiger partial charge in [0.2, 0.25) is 0 Å². The van der Waals surface area contributed by atoms with Gasteiger partial charge in [-0.25, -0.2) is 4.79 Å². The molecule has 1 aliphatic rings. The maximum atomic E-state index is 11.9. The van der Waals surface area contributed by atoms with Crippen molar-refractivity contribution in [2.75, 3.05) is 38.1 Å². The Bertz CT molecular complexity index is 604. The van der Waals surface area contributed by atoms with Gasteiger partial charge in [0.1, 0.15) is 0 Å². The molecule has 0 spiro atoms. The summed E-state index contributed by atoms with van der Waals surface area (Å²) in [6.45, 7) is 6.42. The zero-order valence-corrected chi connectivity index (χ0v) is 16.9. The van der Waals surface area contributed by atoms with Crippen LogP contribution in [0.4, 0.5) is 5.69 Å². The number of carbonyl (C=O) groups is 1. The number of esters is 1. The first-order valence-corrected chi connectivity index (χ1v) is 10.1. The predicted molar refractivity (Wildman–Crippen MR) is 111 cm³/mol.